The van der Waals surface area contributed by atoms with Crippen molar-refractivity contribution in [2.24, 2.45) is 5.73 Å². The van der Waals surface area contributed by atoms with Crippen molar-refractivity contribution in [3.8, 4) is 5.88 Å². The summed E-state index contributed by atoms with van der Waals surface area (Å²) in [6, 6.07) is 0. The van der Waals surface area contributed by atoms with Gasteiger partial charge in [-0.1, -0.05) is 0 Å². The van der Waals surface area contributed by atoms with E-state index in [1.165, 1.54) is 0 Å². The third kappa shape index (κ3) is 3.00. The van der Waals surface area contributed by atoms with Crippen LogP contribution in [0.2, 0.25) is 0 Å². The molecule has 18 heavy (non-hydrogen) atoms. The van der Waals surface area contributed by atoms with E-state index in [0.29, 0.717) is 0 Å². The number of H-pyrrole nitrogens is 1. The lowest BCUT2D eigenvalue weighted by Crippen LogP contribution is -2.27. The third-order valence-electron chi connectivity index (χ3n) is 1.97. The minimum absolute atomic E-state index is 0.451. The number of carbonyl (C=O) groups is 1. The first kappa shape index (κ1) is 14.0. The number of rotatable bonds is 3. The Labute approximate surface area is 98.5 Å². The normalized spacial score (nSPS) is 11.2. The quantitative estimate of drug-likeness (QED) is 0.778. The lowest BCUT2D eigenvalue weighted by atomic mass is 10.2. The molecule has 0 radical (unpaired) electrons. The number of pyridine rings is 1. The maximum absolute atomic E-state index is 12.0. The zero-order valence-corrected chi connectivity index (χ0v) is 9.13. The van der Waals surface area contributed by atoms with Crippen LogP contribution in [0, 0.1) is 0 Å². The molecule has 0 spiro atoms. The Morgan fingerprint density at radius 3 is 2.56 bits per heavy atom. The van der Waals surface area contributed by atoms with E-state index in [4.69, 9.17) is 5.73 Å². The average Bonchev–Trinajstić information content (AvgIpc) is 2.26. The lowest BCUT2D eigenvalue weighted by Gasteiger charge is -2.12. The second-order valence-corrected chi connectivity index (χ2v) is 3.08. The van der Waals surface area contributed by atoms with Crippen molar-refractivity contribution in [1.29, 1.82) is 0 Å². The lowest BCUT2D eigenvalue weighted by molar-refractivity contribution is -0.276. The van der Waals surface area contributed by atoms with E-state index in [9.17, 15) is 22.8 Å². The van der Waals surface area contributed by atoms with Crippen molar-refractivity contribution in [2.75, 3.05) is 7.11 Å². The van der Waals surface area contributed by atoms with Crippen molar-refractivity contribution in [2.45, 2.75) is 12.9 Å². The van der Waals surface area contributed by atoms with Gasteiger partial charge < -0.3 is 20.2 Å². The van der Waals surface area contributed by atoms with Gasteiger partial charge in [0.25, 0.3) is 0 Å². The molecular weight excluding hydrogens is 257 g/mol. The van der Waals surface area contributed by atoms with Gasteiger partial charge in [0, 0.05) is 12.7 Å². The molecule has 0 aromatic carbocycles. The molecule has 9 heteroatoms. The van der Waals surface area contributed by atoms with Crippen molar-refractivity contribution >= 4 is 5.97 Å². The number of esters is 1. The molecule has 0 aliphatic rings. The summed E-state index contributed by atoms with van der Waals surface area (Å²) in [7, 11) is 1.03. The Morgan fingerprint density at radius 2 is 2.11 bits per heavy atom. The van der Waals surface area contributed by atoms with Crippen LogP contribution in [0.25, 0.3) is 0 Å². The van der Waals surface area contributed by atoms with Crippen LogP contribution in [0.5, 0.6) is 5.88 Å². The number of nitrogens with one attached hydrogen (secondary N) is 1. The summed E-state index contributed by atoms with van der Waals surface area (Å²) < 4.78 is 44.0. The number of methoxy groups -OCH3 is 1. The Bertz CT molecular complexity index is 510. The van der Waals surface area contributed by atoms with Crippen LogP contribution in [0.1, 0.15) is 15.9 Å². The molecule has 0 unspecified atom stereocenters. The van der Waals surface area contributed by atoms with Crippen LogP contribution in [-0.2, 0) is 11.3 Å². The van der Waals surface area contributed by atoms with E-state index in [1.54, 1.807) is 0 Å². The molecule has 0 amide bonds. The van der Waals surface area contributed by atoms with Crippen molar-refractivity contribution in [1.82, 2.24) is 4.98 Å². The van der Waals surface area contributed by atoms with E-state index < -0.39 is 41.3 Å². The van der Waals surface area contributed by atoms with Gasteiger partial charge in [0.05, 0.1) is 12.7 Å². The fourth-order valence-electron chi connectivity index (χ4n) is 1.21. The molecule has 1 aromatic heterocycles. The standard InChI is InChI=1S/C9H9F3N2O4/c1-17-8(16)5-3-14-7(18-9(10,11)12)4(2-13)6(5)15/h3H,2,13H2,1H3,(H,14,15). The molecule has 1 rings (SSSR count). The van der Waals surface area contributed by atoms with Crippen LogP contribution in [-0.4, -0.2) is 24.4 Å². The molecule has 0 saturated heterocycles. The van der Waals surface area contributed by atoms with Gasteiger partial charge in [0.2, 0.25) is 11.3 Å². The minimum atomic E-state index is -4.97. The molecule has 0 atom stereocenters. The highest BCUT2D eigenvalue weighted by Gasteiger charge is 2.33. The van der Waals surface area contributed by atoms with Crippen LogP contribution in [0.4, 0.5) is 13.2 Å². The van der Waals surface area contributed by atoms with Crippen molar-refractivity contribution < 1.29 is 27.4 Å². The predicted molar refractivity (Wildman–Crippen MR) is 53.0 cm³/mol. The highest BCUT2D eigenvalue weighted by atomic mass is 19.4. The molecule has 3 N–H and O–H groups in total. The maximum atomic E-state index is 12.0. The van der Waals surface area contributed by atoms with Crippen molar-refractivity contribution in [3.05, 3.63) is 27.5 Å². The number of hydrogen-bond acceptors (Lipinski definition) is 5. The van der Waals surface area contributed by atoms with Crippen LogP contribution < -0.4 is 15.9 Å². The highest BCUT2D eigenvalue weighted by Crippen LogP contribution is 2.22. The molecule has 100 valence electrons. The number of carbonyl (C=O) groups excluding carboxylic acids is 1. The molecule has 0 bridgehead atoms. The van der Waals surface area contributed by atoms with Crippen LogP contribution in [0.15, 0.2) is 11.0 Å². The van der Waals surface area contributed by atoms with E-state index in [0.717, 1.165) is 13.3 Å². The zero-order chi connectivity index (χ0) is 13.9. The number of aromatic amines is 1. The molecule has 0 aliphatic carbocycles. The monoisotopic (exact) mass is 266 g/mol. The number of ether oxygens (including phenoxy) is 2. The predicted octanol–water partition coefficient (Wildman–Crippen LogP) is 0.519. The Hall–Kier alpha value is -2.03. The summed E-state index contributed by atoms with van der Waals surface area (Å²) >= 11 is 0. The molecule has 1 heterocycles. The van der Waals surface area contributed by atoms with Gasteiger partial charge in [-0.3, -0.25) is 4.79 Å². The second-order valence-electron chi connectivity index (χ2n) is 3.08. The molecule has 6 nitrogen and oxygen atoms in total. The summed E-state index contributed by atoms with van der Waals surface area (Å²) in [4.78, 5) is 24.9. The summed E-state index contributed by atoms with van der Waals surface area (Å²) in [6.45, 7) is -0.522. The number of hydrogen-bond donors (Lipinski definition) is 2. The van der Waals surface area contributed by atoms with Gasteiger partial charge in [0.1, 0.15) is 5.56 Å². The van der Waals surface area contributed by atoms with E-state index >= 15 is 0 Å². The molecular formula is C9H9F3N2O4. The average molecular weight is 266 g/mol. The molecule has 0 fully saturated rings. The Morgan fingerprint density at radius 1 is 1.50 bits per heavy atom. The van der Waals surface area contributed by atoms with Crippen LogP contribution >= 0.6 is 0 Å². The topological polar surface area (TPSA) is 94.4 Å². The fraction of sp³-hybridized carbons (Fsp3) is 0.333. The number of aromatic nitrogens is 1. The molecule has 1 aromatic rings. The zero-order valence-electron chi connectivity index (χ0n) is 9.13. The van der Waals surface area contributed by atoms with Gasteiger partial charge in [-0.15, -0.1) is 13.2 Å². The first-order chi connectivity index (χ1) is 8.30. The van der Waals surface area contributed by atoms with E-state index in [2.05, 4.69) is 9.47 Å². The highest BCUT2D eigenvalue weighted by molar-refractivity contribution is 5.89. The summed E-state index contributed by atoms with van der Waals surface area (Å²) in [5.41, 5.74) is 3.25. The maximum Gasteiger partial charge on any atom is 0.574 e. The second kappa shape index (κ2) is 5.08. The van der Waals surface area contributed by atoms with Gasteiger partial charge in [-0.2, -0.15) is 0 Å². The van der Waals surface area contributed by atoms with Gasteiger partial charge in [-0.05, 0) is 0 Å². The summed E-state index contributed by atoms with van der Waals surface area (Å²) in [5.74, 6) is -1.83. The summed E-state index contributed by atoms with van der Waals surface area (Å²) in [6.07, 6.45) is -4.20. The van der Waals surface area contributed by atoms with Gasteiger partial charge in [-0.25, -0.2) is 4.79 Å². The first-order valence-corrected chi connectivity index (χ1v) is 4.58. The largest absolute Gasteiger partial charge is 0.574 e. The Balaban J connectivity index is 3.30. The Kier molecular flexibility index (Phi) is 3.96. The summed E-state index contributed by atoms with van der Waals surface area (Å²) in [5, 5.41) is 0. The molecule has 0 saturated carbocycles. The van der Waals surface area contributed by atoms with E-state index in [-0.39, 0.29) is 0 Å². The number of halogens is 3. The van der Waals surface area contributed by atoms with Gasteiger partial charge in [0.15, 0.2) is 0 Å². The third-order valence-corrected chi connectivity index (χ3v) is 1.97. The van der Waals surface area contributed by atoms with Gasteiger partial charge >= 0.3 is 12.3 Å². The minimum Gasteiger partial charge on any atom is -0.465 e. The fourth-order valence-corrected chi connectivity index (χ4v) is 1.21. The smallest absolute Gasteiger partial charge is 0.465 e. The SMILES string of the molecule is COC(=O)c1c[nH]c(OC(F)(F)F)c(CN)c1=O. The molecule has 0 aliphatic heterocycles. The van der Waals surface area contributed by atoms with Crippen LogP contribution in [0.3, 0.4) is 0 Å². The van der Waals surface area contributed by atoms with E-state index in [1.807, 2.05) is 4.98 Å². The first-order valence-electron chi connectivity index (χ1n) is 4.58. The number of alkyl halides is 3. The number of nitrogens with two attached hydrogens (primary N) is 1. The van der Waals surface area contributed by atoms with Crippen molar-refractivity contribution in [3.63, 3.8) is 0 Å².